The quantitative estimate of drug-likeness (QED) is 0.669. The first-order valence-corrected chi connectivity index (χ1v) is 10.7. The van der Waals surface area contributed by atoms with Crippen LogP contribution in [0.1, 0.15) is 64.7 Å². The molecule has 2 N–H and O–H groups in total. The van der Waals surface area contributed by atoms with Crippen LogP contribution in [0, 0.1) is 5.92 Å². The average molecular weight is 392 g/mol. The molecule has 8 heteroatoms. The first kappa shape index (κ1) is 20.8. The molecule has 1 heterocycles. The van der Waals surface area contributed by atoms with E-state index in [1.54, 1.807) is 17.2 Å². The van der Waals surface area contributed by atoms with Crippen LogP contribution in [-0.4, -0.2) is 51.4 Å². The molecule has 0 aromatic carbocycles. The van der Waals surface area contributed by atoms with Gasteiger partial charge in [0.2, 0.25) is 11.8 Å². The first-order valence-electron chi connectivity index (χ1n) is 10.7. The molecule has 0 saturated heterocycles. The Morgan fingerprint density at radius 2 is 1.86 bits per heavy atom. The van der Waals surface area contributed by atoms with Crippen LogP contribution in [0.15, 0.2) is 12.7 Å². The summed E-state index contributed by atoms with van der Waals surface area (Å²) in [5, 5.41) is 13.8. The summed E-state index contributed by atoms with van der Waals surface area (Å²) in [4.78, 5) is 25.0. The summed E-state index contributed by atoms with van der Waals surface area (Å²) in [5.41, 5.74) is 0. The Labute approximate surface area is 166 Å². The molecule has 1 aromatic rings. The molecule has 2 saturated carbocycles. The van der Waals surface area contributed by atoms with E-state index in [1.807, 2.05) is 0 Å². The molecular weight excluding hydrogens is 358 g/mol. The van der Waals surface area contributed by atoms with Crippen molar-refractivity contribution in [1.29, 1.82) is 0 Å². The van der Waals surface area contributed by atoms with E-state index in [4.69, 9.17) is 4.74 Å². The molecule has 0 radical (unpaired) electrons. The molecule has 2 amide bonds. The summed E-state index contributed by atoms with van der Waals surface area (Å²) >= 11 is 0. The minimum atomic E-state index is -0.105. The van der Waals surface area contributed by atoms with Crippen molar-refractivity contribution in [2.75, 3.05) is 6.61 Å². The highest BCUT2D eigenvalue weighted by molar-refractivity contribution is 5.79. The number of carbonyl (C=O) groups excluding carboxylic acids is 2. The van der Waals surface area contributed by atoms with E-state index in [0.717, 1.165) is 32.1 Å². The van der Waals surface area contributed by atoms with Crippen LogP contribution in [0.2, 0.25) is 0 Å². The second-order valence-electron chi connectivity index (χ2n) is 8.03. The van der Waals surface area contributed by atoms with Crippen molar-refractivity contribution in [3.05, 3.63) is 12.7 Å². The molecule has 2 aliphatic rings. The summed E-state index contributed by atoms with van der Waals surface area (Å²) < 4.78 is 7.81. The molecule has 0 unspecified atom stereocenters. The van der Waals surface area contributed by atoms with Crippen LogP contribution in [0.4, 0.5) is 0 Å². The number of nitrogens with zero attached hydrogens (tertiary/aromatic N) is 3. The van der Waals surface area contributed by atoms with Crippen LogP contribution in [-0.2, 0) is 20.9 Å². The van der Waals surface area contributed by atoms with Crippen LogP contribution < -0.4 is 10.6 Å². The van der Waals surface area contributed by atoms with Gasteiger partial charge < -0.3 is 19.9 Å². The van der Waals surface area contributed by atoms with E-state index >= 15 is 0 Å². The van der Waals surface area contributed by atoms with Gasteiger partial charge in [-0.05, 0) is 38.5 Å². The lowest BCUT2D eigenvalue weighted by atomic mass is 9.83. The number of hydrogen-bond acceptors (Lipinski definition) is 5. The van der Waals surface area contributed by atoms with Crippen molar-refractivity contribution in [3.63, 3.8) is 0 Å². The van der Waals surface area contributed by atoms with E-state index in [9.17, 15) is 9.59 Å². The zero-order chi connectivity index (χ0) is 19.8. The minimum absolute atomic E-state index is 0.00217. The van der Waals surface area contributed by atoms with Crippen molar-refractivity contribution in [2.24, 2.45) is 5.92 Å². The maximum absolute atomic E-state index is 12.7. The number of ether oxygens (including phenoxy) is 1. The van der Waals surface area contributed by atoms with Crippen molar-refractivity contribution in [1.82, 2.24) is 25.4 Å². The summed E-state index contributed by atoms with van der Waals surface area (Å²) in [6.07, 6.45) is 11.3. The highest BCUT2D eigenvalue weighted by atomic mass is 16.5. The molecule has 0 spiro atoms. The number of rotatable bonds is 9. The first-order chi connectivity index (χ1) is 13.7. The minimum Gasteiger partial charge on any atom is -0.376 e. The summed E-state index contributed by atoms with van der Waals surface area (Å²) in [6.45, 7) is 3.27. The molecule has 156 valence electrons. The highest BCUT2D eigenvalue weighted by Crippen LogP contribution is 2.28. The predicted molar refractivity (Wildman–Crippen MR) is 104 cm³/mol. The molecule has 0 bridgehead atoms. The van der Waals surface area contributed by atoms with Gasteiger partial charge in [0.05, 0.1) is 12.1 Å². The van der Waals surface area contributed by atoms with Gasteiger partial charge in [0.15, 0.2) is 0 Å². The maximum Gasteiger partial charge on any atom is 0.223 e. The number of amides is 2. The smallest absolute Gasteiger partial charge is 0.223 e. The molecular formula is C20H33N5O3. The van der Waals surface area contributed by atoms with Crippen molar-refractivity contribution < 1.29 is 14.3 Å². The van der Waals surface area contributed by atoms with E-state index in [2.05, 4.69) is 27.8 Å². The van der Waals surface area contributed by atoms with Crippen molar-refractivity contribution in [2.45, 2.75) is 89.4 Å². The number of aromatic nitrogens is 3. The summed E-state index contributed by atoms with van der Waals surface area (Å²) in [7, 11) is 0. The van der Waals surface area contributed by atoms with Gasteiger partial charge in [-0.3, -0.25) is 9.59 Å². The summed E-state index contributed by atoms with van der Waals surface area (Å²) in [5.74, 6) is 0.139. The standard InChI is InChI=1S/C20H33N5O3/c1-2-11-28-18-12-15(20(27)23-16-5-3-4-6-16)7-8-17(18)24-19(26)9-10-25-13-21-22-14-25/h13-18H,2-12H2,1H3,(H,23,27)(H,24,26)/t15-,17+,18+/m0/s1. The second kappa shape index (κ2) is 10.5. The normalized spacial score (nSPS) is 25.5. The molecule has 0 aliphatic heterocycles. The second-order valence-corrected chi connectivity index (χ2v) is 8.03. The van der Waals surface area contributed by atoms with E-state index in [-0.39, 0.29) is 29.9 Å². The van der Waals surface area contributed by atoms with Crippen molar-refractivity contribution in [3.8, 4) is 0 Å². The Bertz CT molecular complexity index is 615. The van der Waals surface area contributed by atoms with Gasteiger partial charge in [0.1, 0.15) is 12.7 Å². The lowest BCUT2D eigenvalue weighted by Gasteiger charge is -2.36. The third-order valence-electron chi connectivity index (χ3n) is 5.81. The lowest BCUT2D eigenvalue weighted by Crippen LogP contribution is -2.51. The fourth-order valence-electron chi connectivity index (χ4n) is 4.22. The summed E-state index contributed by atoms with van der Waals surface area (Å²) in [6, 6.07) is 0.313. The Kier molecular flexibility index (Phi) is 7.82. The third-order valence-corrected chi connectivity index (χ3v) is 5.81. The molecule has 28 heavy (non-hydrogen) atoms. The maximum atomic E-state index is 12.7. The Morgan fingerprint density at radius 3 is 2.57 bits per heavy atom. The number of nitrogens with one attached hydrogen (secondary N) is 2. The molecule has 2 aliphatic carbocycles. The molecule has 3 atom stereocenters. The topological polar surface area (TPSA) is 98.1 Å². The number of carbonyl (C=O) groups is 2. The average Bonchev–Trinajstić information content (AvgIpc) is 3.39. The van der Waals surface area contributed by atoms with Gasteiger partial charge in [-0.25, -0.2) is 0 Å². The fourth-order valence-corrected chi connectivity index (χ4v) is 4.22. The van der Waals surface area contributed by atoms with E-state index in [0.29, 0.717) is 32.0 Å². The third kappa shape index (κ3) is 6.02. The van der Waals surface area contributed by atoms with Crippen LogP contribution in [0.5, 0.6) is 0 Å². The molecule has 2 fully saturated rings. The predicted octanol–water partition coefficient (Wildman–Crippen LogP) is 1.81. The SMILES string of the molecule is CCCO[C@@H]1C[C@@H](C(=O)NC2CCCC2)CC[C@H]1NC(=O)CCn1cnnc1. The fraction of sp³-hybridized carbons (Fsp3) is 0.800. The highest BCUT2D eigenvalue weighted by Gasteiger charge is 2.36. The van der Waals surface area contributed by atoms with Crippen molar-refractivity contribution >= 4 is 11.8 Å². The van der Waals surface area contributed by atoms with Crippen LogP contribution >= 0.6 is 0 Å². The van der Waals surface area contributed by atoms with Crippen LogP contribution in [0.25, 0.3) is 0 Å². The Morgan fingerprint density at radius 1 is 1.11 bits per heavy atom. The number of aryl methyl sites for hydroxylation is 1. The van der Waals surface area contributed by atoms with Gasteiger partial charge in [-0.1, -0.05) is 19.8 Å². The van der Waals surface area contributed by atoms with E-state index < -0.39 is 0 Å². The van der Waals surface area contributed by atoms with Gasteiger partial charge in [0, 0.05) is 31.5 Å². The van der Waals surface area contributed by atoms with E-state index in [1.165, 1.54) is 12.8 Å². The molecule has 8 nitrogen and oxygen atoms in total. The lowest BCUT2D eigenvalue weighted by molar-refractivity contribution is -0.130. The zero-order valence-corrected chi connectivity index (χ0v) is 16.8. The zero-order valence-electron chi connectivity index (χ0n) is 16.8. The largest absolute Gasteiger partial charge is 0.376 e. The van der Waals surface area contributed by atoms with Crippen LogP contribution in [0.3, 0.4) is 0 Å². The molecule has 1 aromatic heterocycles. The van der Waals surface area contributed by atoms with Gasteiger partial charge in [-0.2, -0.15) is 0 Å². The monoisotopic (exact) mass is 391 g/mol. The van der Waals surface area contributed by atoms with Gasteiger partial charge in [0.25, 0.3) is 0 Å². The number of hydrogen-bond donors (Lipinski definition) is 2. The Hall–Kier alpha value is -1.96. The Balaban J connectivity index is 1.49. The molecule has 3 rings (SSSR count). The van der Waals surface area contributed by atoms with Gasteiger partial charge >= 0.3 is 0 Å². The van der Waals surface area contributed by atoms with Gasteiger partial charge in [-0.15, -0.1) is 10.2 Å².